The minimum absolute atomic E-state index is 0.01000. The number of benzene rings is 3. The van der Waals surface area contributed by atoms with Crippen LogP contribution in [0, 0.1) is 10.1 Å². The summed E-state index contributed by atoms with van der Waals surface area (Å²) in [6.07, 6.45) is 7.67. The summed E-state index contributed by atoms with van der Waals surface area (Å²) >= 11 is 0.939. The molecule has 0 atom stereocenters. The first-order chi connectivity index (χ1) is 21.8. The molecule has 1 aliphatic heterocycles. The molecule has 0 aliphatic carbocycles. The third-order valence-corrected chi connectivity index (χ3v) is 7.56. The van der Waals surface area contributed by atoms with Crippen LogP contribution in [0.5, 0.6) is 5.75 Å². The van der Waals surface area contributed by atoms with Crippen molar-refractivity contribution >= 4 is 46.4 Å². The molecule has 0 fully saturated rings. The Hall–Kier alpha value is -5.55. The Kier molecular flexibility index (Phi) is 11.0. The number of methoxy groups -OCH3 is 1. The zero-order valence-corrected chi connectivity index (χ0v) is 25.4. The molecule has 3 aromatic rings. The van der Waals surface area contributed by atoms with E-state index in [4.69, 9.17) is 4.74 Å². The van der Waals surface area contributed by atoms with E-state index in [2.05, 4.69) is 16.9 Å². The van der Waals surface area contributed by atoms with Crippen molar-refractivity contribution in [2.24, 2.45) is 4.99 Å². The van der Waals surface area contributed by atoms with Gasteiger partial charge in [0.25, 0.3) is 11.8 Å². The number of nitro benzene ring substituents is 1. The lowest BCUT2D eigenvalue weighted by Crippen LogP contribution is -2.42. The molecule has 1 aliphatic rings. The van der Waals surface area contributed by atoms with E-state index >= 15 is 0 Å². The van der Waals surface area contributed by atoms with Gasteiger partial charge in [0.05, 0.1) is 23.8 Å². The molecule has 45 heavy (non-hydrogen) atoms. The Bertz CT molecular complexity index is 1690. The molecule has 3 aromatic carbocycles. The lowest BCUT2D eigenvalue weighted by Gasteiger charge is -2.28. The number of nitrogens with zero attached hydrogens (tertiary/aromatic N) is 3. The molecule has 0 radical (unpaired) electrons. The van der Waals surface area contributed by atoms with Crippen molar-refractivity contribution in [3.63, 3.8) is 0 Å². The number of ether oxygens (including phenoxy) is 1. The van der Waals surface area contributed by atoms with Gasteiger partial charge >= 0.3 is 5.69 Å². The smallest absolute Gasteiger partial charge is 0.311 e. The Morgan fingerprint density at radius 3 is 2.29 bits per heavy atom. The van der Waals surface area contributed by atoms with Crippen LogP contribution in [0.15, 0.2) is 126 Å². The highest BCUT2D eigenvalue weighted by atomic mass is 32.2. The summed E-state index contributed by atoms with van der Waals surface area (Å²) in [5.41, 5.74) is 1.78. The third kappa shape index (κ3) is 7.89. The minimum Gasteiger partial charge on any atom is -0.490 e. The van der Waals surface area contributed by atoms with E-state index in [0.717, 1.165) is 22.9 Å². The average molecular weight is 623 g/mol. The molecule has 0 spiro atoms. The summed E-state index contributed by atoms with van der Waals surface area (Å²) in [7, 11) is 1.31. The zero-order valence-electron chi connectivity index (χ0n) is 24.6. The number of carbonyl (C=O) groups excluding carboxylic acids is 3. The number of allylic oxidation sites excluding steroid dienone is 4. The lowest BCUT2D eigenvalue weighted by molar-refractivity contribution is -0.385. The molecule has 1 heterocycles. The first-order valence-corrected chi connectivity index (χ1v) is 14.7. The number of thioether (sulfide) groups is 1. The normalized spacial score (nSPS) is 14.6. The highest BCUT2D eigenvalue weighted by Gasteiger charge is 2.35. The standard InChI is InChI=1S/C34H30N4O6S/c1-4-6-17-26(5-2)37-33(41)27(20-23-18-19-29(44-3)28(21-23)38(42)43)32(40)36-34(37)45-22-30(39)35-31(24-13-9-7-10-14-24)25-15-11-8-12-16-25/h4-21,31H,1,22H2,2-3H3,(H,35,39)/b17-6-,26-5+,27-20+. The SMILES string of the molecule is C=C/C=C\C(=C/C)N1C(=O)/C(=C/c2ccc(OC)c([N+](=O)[O-])c2)C(=O)N=C1SCC(=O)NC(c1ccccc1)c1ccccc1. The Balaban J connectivity index is 1.64. The van der Waals surface area contributed by atoms with Crippen molar-refractivity contribution < 1.29 is 24.0 Å². The van der Waals surface area contributed by atoms with Crippen molar-refractivity contribution in [1.29, 1.82) is 0 Å². The molecular formula is C34H30N4O6S. The van der Waals surface area contributed by atoms with Crippen LogP contribution in [0.2, 0.25) is 0 Å². The maximum Gasteiger partial charge on any atom is 0.311 e. The number of nitro groups is 1. The minimum atomic E-state index is -0.841. The summed E-state index contributed by atoms with van der Waals surface area (Å²) in [6.45, 7) is 5.38. The van der Waals surface area contributed by atoms with Gasteiger partial charge < -0.3 is 10.1 Å². The van der Waals surface area contributed by atoms with Gasteiger partial charge in [0, 0.05) is 11.8 Å². The molecule has 0 bridgehead atoms. The molecule has 3 amide bonds. The number of hydrogen-bond donors (Lipinski definition) is 1. The van der Waals surface area contributed by atoms with Gasteiger partial charge in [0.1, 0.15) is 5.57 Å². The summed E-state index contributed by atoms with van der Waals surface area (Å²) in [5.74, 6) is -1.99. The fourth-order valence-electron chi connectivity index (χ4n) is 4.50. The Morgan fingerprint density at radius 1 is 1.09 bits per heavy atom. The largest absolute Gasteiger partial charge is 0.490 e. The second-order valence-electron chi connectivity index (χ2n) is 9.51. The molecule has 0 saturated heterocycles. The van der Waals surface area contributed by atoms with E-state index in [9.17, 15) is 24.5 Å². The number of amidine groups is 1. The molecule has 10 nitrogen and oxygen atoms in total. The quantitative estimate of drug-likeness (QED) is 0.0913. The van der Waals surface area contributed by atoms with Crippen LogP contribution in [0.25, 0.3) is 6.08 Å². The van der Waals surface area contributed by atoms with Crippen molar-refractivity contribution in [2.75, 3.05) is 12.9 Å². The second kappa shape index (κ2) is 15.3. The van der Waals surface area contributed by atoms with E-state index in [0.29, 0.717) is 5.70 Å². The van der Waals surface area contributed by atoms with Crippen LogP contribution in [-0.4, -0.2) is 45.6 Å². The maximum atomic E-state index is 13.8. The molecular weight excluding hydrogens is 592 g/mol. The summed E-state index contributed by atoms with van der Waals surface area (Å²) in [6, 6.07) is 22.7. The Labute approximate surface area is 264 Å². The number of amides is 3. The van der Waals surface area contributed by atoms with Crippen LogP contribution in [0.4, 0.5) is 5.69 Å². The van der Waals surface area contributed by atoms with Crippen molar-refractivity contribution in [3.05, 3.63) is 148 Å². The number of carbonyl (C=O) groups is 3. The second-order valence-corrected chi connectivity index (χ2v) is 10.4. The van der Waals surface area contributed by atoms with E-state index in [1.165, 1.54) is 42.4 Å². The van der Waals surface area contributed by atoms with Gasteiger partial charge in [-0.1, -0.05) is 103 Å². The monoisotopic (exact) mass is 622 g/mol. The third-order valence-electron chi connectivity index (χ3n) is 6.62. The van der Waals surface area contributed by atoms with E-state index < -0.39 is 22.8 Å². The molecule has 228 valence electrons. The first-order valence-electron chi connectivity index (χ1n) is 13.8. The maximum absolute atomic E-state index is 13.8. The predicted octanol–water partition coefficient (Wildman–Crippen LogP) is 6.00. The van der Waals surface area contributed by atoms with Crippen LogP contribution in [-0.2, 0) is 14.4 Å². The first kappa shape index (κ1) is 32.4. The molecule has 4 rings (SSSR count). The highest BCUT2D eigenvalue weighted by Crippen LogP contribution is 2.31. The summed E-state index contributed by atoms with van der Waals surface area (Å²) in [5, 5.41) is 14.6. The van der Waals surface area contributed by atoms with E-state index in [-0.39, 0.29) is 39.4 Å². The summed E-state index contributed by atoms with van der Waals surface area (Å²) in [4.78, 5) is 56.6. The fourth-order valence-corrected chi connectivity index (χ4v) is 5.31. The van der Waals surface area contributed by atoms with Gasteiger partial charge in [-0.2, -0.15) is 4.99 Å². The summed E-state index contributed by atoms with van der Waals surface area (Å²) < 4.78 is 5.04. The van der Waals surface area contributed by atoms with Gasteiger partial charge in [-0.3, -0.25) is 29.4 Å². The molecule has 0 aromatic heterocycles. The molecule has 0 saturated carbocycles. The predicted molar refractivity (Wildman–Crippen MR) is 175 cm³/mol. The van der Waals surface area contributed by atoms with Crippen LogP contribution in [0.1, 0.15) is 29.7 Å². The van der Waals surface area contributed by atoms with Crippen LogP contribution < -0.4 is 10.1 Å². The number of hydrogen-bond acceptors (Lipinski definition) is 7. The number of rotatable bonds is 11. The van der Waals surface area contributed by atoms with Crippen molar-refractivity contribution in [2.45, 2.75) is 13.0 Å². The van der Waals surface area contributed by atoms with Gasteiger partial charge in [-0.05, 0) is 41.8 Å². The van der Waals surface area contributed by atoms with Crippen LogP contribution >= 0.6 is 11.8 Å². The topological polar surface area (TPSA) is 131 Å². The average Bonchev–Trinajstić information content (AvgIpc) is 3.06. The van der Waals surface area contributed by atoms with E-state index in [1.54, 1.807) is 25.2 Å². The fraction of sp³-hybridized carbons (Fsp3) is 0.118. The van der Waals surface area contributed by atoms with Gasteiger partial charge in [-0.25, -0.2) is 0 Å². The van der Waals surface area contributed by atoms with Crippen molar-refractivity contribution in [3.8, 4) is 5.75 Å². The van der Waals surface area contributed by atoms with Gasteiger partial charge in [0.15, 0.2) is 10.9 Å². The molecule has 0 unspecified atom stereocenters. The van der Waals surface area contributed by atoms with E-state index in [1.807, 2.05) is 60.7 Å². The molecule has 11 heteroatoms. The van der Waals surface area contributed by atoms with Gasteiger partial charge in [-0.15, -0.1) is 0 Å². The number of aliphatic imine (C=N–C) groups is 1. The Morgan fingerprint density at radius 2 is 1.73 bits per heavy atom. The highest BCUT2D eigenvalue weighted by molar-refractivity contribution is 8.14. The van der Waals surface area contributed by atoms with Crippen molar-refractivity contribution in [1.82, 2.24) is 10.2 Å². The molecule has 1 N–H and O–H groups in total. The van der Waals surface area contributed by atoms with Gasteiger partial charge in [0.2, 0.25) is 5.91 Å². The lowest BCUT2D eigenvalue weighted by atomic mass is 9.99. The van der Waals surface area contributed by atoms with Crippen LogP contribution in [0.3, 0.4) is 0 Å². The zero-order chi connectivity index (χ0) is 32.3. The number of nitrogens with one attached hydrogen (secondary N) is 1.